The summed E-state index contributed by atoms with van der Waals surface area (Å²) in [5, 5.41) is 8.41. The van der Waals surface area contributed by atoms with E-state index in [9.17, 15) is 0 Å². The second-order valence-electron chi connectivity index (χ2n) is 7.03. The second kappa shape index (κ2) is 6.17. The summed E-state index contributed by atoms with van der Waals surface area (Å²) in [6.07, 6.45) is 6.80. The quantitative estimate of drug-likeness (QED) is 0.913. The molecule has 3 heteroatoms. The topological polar surface area (TPSA) is 15.3 Å². The zero-order chi connectivity index (χ0) is 14.0. The summed E-state index contributed by atoms with van der Waals surface area (Å²) in [5.74, 6) is 0.740. The molecule has 112 valence electrons. The highest BCUT2D eigenvalue weighted by Crippen LogP contribution is 2.34. The van der Waals surface area contributed by atoms with Crippen LogP contribution in [0.5, 0.6) is 0 Å². The Labute approximate surface area is 127 Å². The smallest absolute Gasteiger partial charge is 0.0309 e. The first-order chi connectivity index (χ1) is 9.69. The third-order valence-corrected chi connectivity index (χ3v) is 5.99. The molecule has 1 saturated carbocycles. The molecule has 2 fully saturated rings. The third kappa shape index (κ3) is 3.10. The molecule has 2 aliphatic rings. The lowest BCUT2D eigenvalue weighted by Gasteiger charge is -2.48. The molecule has 1 N–H and O–H groups in total. The largest absolute Gasteiger partial charge is 0.308 e. The molecule has 1 aromatic heterocycles. The maximum Gasteiger partial charge on any atom is 0.0309 e. The zero-order valence-electron chi connectivity index (χ0n) is 12.9. The molecule has 0 bridgehead atoms. The van der Waals surface area contributed by atoms with Crippen LogP contribution in [-0.2, 0) is 6.42 Å². The Morgan fingerprint density at radius 1 is 1.40 bits per heavy atom. The Kier molecular flexibility index (Phi) is 4.49. The Balaban J connectivity index is 1.65. The van der Waals surface area contributed by atoms with Crippen LogP contribution in [0.1, 0.15) is 45.1 Å². The number of hydrogen-bond acceptors (Lipinski definition) is 3. The van der Waals surface area contributed by atoms with E-state index in [2.05, 4.69) is 40.9 Å². The number of rotatable bonds is 4. The van der Waals surface area contributed by atoms with Crippen molar-refractivity contribution in [3.05, 3.63) is 22.4 Å². The van der Waals surface area contributed by atoms with E-state index in [0.29, 0.717) is 11.6 Å². The van der Waals surface area contributed by atoms with Crippen LogP contribution < -0.4 is 5.32 Å². The number of piperazine rings is 1. The fraction of sp³-hybridized carbons (Fsp3) is 0.765. The lowest BCUT2D eigenvalue weighted by Crippen LogP contribution is -2.64. The molecule has 2 nitrogen and oxygen atoms in total. The number of hydrogen-bond donors (Lipinski definition) is 1. The molecular weight excluding hydrogens is 264 g/mol. The van der Waals surface area contributed by atoms with Crippen LogP contribution >= 0.6 is 11.3 Å². The summed E-state index contributed by atoms with van der Waals surface area (Å²) >= 11 is 1.82. The van der Waals surface area contributed by atoms with Crippen LogP contribution in [0.25, 0.3) is 0 Å². The van der Waals surface area contributed by atoms with E-state index in [1.165, 1.54) is 57.3 Å². The molecule has 1 aliphatic heterocycles. The molecule has 1 saturated heterocycles. The van der Waals surface area contributed by atoms with E-state index in [1.54, 1.807) is 0 Å². The van der Waals surface area contributed by atoms with Gasteiger partial charge in [-0.2, -0.15) is 11.3 Å². The van der Waals surface area contributed by atoms with Gasteiger partial charge in [0.15, 0.2) is 0 Å². The van der Waals surface area contributed by atoms with Crippen LogP contribution in [0.15, 0.2) is 16.8 Å². The van der Waals surface area contributed by atoms with Crippen molar-refractivity contribution >= 4 is 11.3 Å². The molecule has 1 spiro atoms. The molecule has 20 heavy (non-hydrogen) atoms. The van der Waals surface area contributed by atoms with E-state index in [0.717, 1.165) is 5.92 Å². The molecule has 1 unspecified atom stereocenters. The lowest BCUT2D eigenvalue weighted by atomic mass is 9.89. The van der Waals surface area contributed by atoms with Crippen molar-refractivity contribution < 1.29 is 0 Å². The molecule has 2 heterocycles. The van der Waals surface area contributed by atoms with Gasteiger partial charge in [-0.15, -0.1) is 0 Å². The number of nitrogens with one attached hydrogen (secondary N) is 1. The molecule has 3 rings (SSSR count). The average molecular weight is 292 g/mol. The van der Waals surface area contributed by atoms with Crippen LogP contribution in [-0.4, -0.2) is 36.1 Å². The van der Waals surface area contributed by atoms with Crippen LogP contribution in [0.3, 0.4) is 0 Å². The predicted octanol–water partition coefficient (Wildman–Crippen LogP) is 3.53. The summed E-state index contributed by atoms with van der Waals surface area (Å²) in [6, 6.07) is 2.99. The molecule has 1 aromatic rings. The summed E-state index contributed by atoms with van der Waals surface area (Å²) in [4.78, 5) is 2.78. The van der Waals surface area contributed by atoms with Crippen molar-refractivity contribution in [2.75, 3.05) is 19.6 Å². The molecule has 1 atom stereocenters. The summed E-state index contributed by atoms with van der Waals surface area (Å²) in [7, 11) is 0. The molecule has 1 aliphatic carbocycles. The van der Waals surface area contributed by atoms with Crippen molar-refractivity contribution in [2.45, 2.75) is 57.5 Å². The first-order valence-electron chi connectivity index (χ1n) is 8.19. The van der Waals surface area contributed by atoms with Gasteiger partial charge in [-0.25, -0.2) is 0 Å². The van der Waals surface area contributed by atoms with Crippen LogP contribution in [0.2, 0.25) is 0 Å². The first-order valence-corrected chi connectivity index (χ1v) is 9.13. The highest BCUT2D eigenvalue weighted by Gasteiger charge is 2.41. The van der Waals surface area contributed by atoms with Gasteiger partial charge in [-0.1, -0.05) is 26.7 Å². The number of nitrogens with zero attached hydrogens (tertiary/aromatic N) is 1. The normalized spacial score (nSPS) is 26.6. The second-order valence-corrected chi connectivity index (χ2v) is 7.81. The van der Waals surface area contributed by atoms with Gasteiger partial charge < -0.3 is 5.32 Å². The Morgan fingerprint density at radius 2 is 2.20 bits per heavy atom. The van der Waals surface area contributed by atoms with Gasteiger partial charge >= 0.3 is 0 Å². The fourth-order valence-corrected chi connectivity index (χ4v) is 4.71. The minimum atomic E-state index is 0.444. The summed E-state index contributed by atoms with van der Waals surface area (Å²) < 4.78 is 0. The molecule has 0 radical (unpaired) electrons. The molecule has 0 amide bonds. The van der Waals surface area contributed by atoms with Crippen molar-refractivity contribution in [1.82, 2.24) is 10.2 Å². The van der Waals surface area contributed by atoms with E-state index in [4.69, 9.17) is 0 Å². The van der Waals surface area contributed by atoms with E-state index < -0.39 is 0 Å². The van der Waals surface area contributed by atoms with Gasteiger partial charge in [0.05, 0.1) is 0 Å². The highest BCUT2D eigenvalue weighted by atomic mass is 32.1. The zero-order valence-corrected chi connectivity index (χ0v) is 13.7. The molecule has 0 aromatic carbocycles. The van der Waals surface area contributed by atoms with Crippen LogP contribution in [0.4, 0.5) is 0 Å². The van der Waals surface area contributed by atoms with Crippen molar-refractivity contribution in [1.29, 1.82) is 0 Å². The van der Waals surface area contributed by atoms with E-state index in [1.807, 2.05) is 11.3 Å². The Bertz CT molecular complexity index is 407. The van der Waals surface area contributed by atoms with Crippen molar-refractivity contribution in [2.24, 2.45) is 5.92 Å². The Morgan fingerprint density at radius 3 is 2.85 bits per heavy atom. The monoisotopic (exact) mass is 292 g/mol. The maximum atomic E-state index is 3.91. The fourth-order valence-electron chi connectivity index (χ4n) is 4.01. The minimum absolute atomic E-state index is 0.444. The van der Waals surface area contributed by atoms with Crippen LogP contribution in [0, 0.1) is 5.92 Å². The highest BCUT2D eigenvalue weighted by molar-refractivity contribution is 7.07. The van der Waals surface area contributed by atoms with E-state index >= 15 is 0 Å². The maximum absolute atomic E-state index is 3.91. The minimum Gasteiger partial charge on any atom is -0.308 e. The van der Waals surface area contributed by atoms with Gasteiger partial charge in [0.2, 0.25) is 0 Å². The number of thiophene rings is 1. The van der Waals surface area contributed by atoms with E-state index in [-0.39, 0.29) is 0 Å². The Hall–Kier alpha value is -0.380. The van der Waals surface area contributed by atoms with Gasteiger partial charge in [0.25, 0.3) is 0 Å². The first kappa shape index (κ1) is 14.6. The summed E-state index contributed by atoms with van der Waals surface area (Å²) in [6.45, 7) is 8.41. The van der Waals surface area contributed by atoms with Gasteiger partial charge in [-0.05, 0) is 47.6 Å². The predicted molar refractivity (Wildman–Crippen MR) is 87.4 cm³/mol. The average Bonchev–Trinajstić information content (AvgIpc) is 3.08. The van der Waals surface area contributed by atoms with Gasteiger partial charge in [0.1, 0.15) is 0 Å². The molecular formula is C17H28N2S. The van der Waals surface area contributed by atoms with Gasteiger partial charge in [0, 0.05) is 31.2 Å². The van der Waals surface area contributed by atoms with Crippen molar-refractivity contribution in [3.8, 4) is 0 Å². The standard InChI is InChI=1S/C17H28N2S/c1-14(2)16-11-18-17(7-3-4-8-17)13-19(16)9-5-15-6-10-20-12-15/h6,10,12,14,16,18H,3-5,7-9,11,13H2,1-2H3. The SMILES string of the molecule is CC(C)C1CNC2(CCCC2)CN1CCc1ccsc1. The van der Waals surface area contributed by atoms with Crippen molar-refractivity contribution in [3.63, 3.8) is 0 Å². The lowest BCUT2D eigenvalue weighted by molar-refractivity contribution is 0.0581. The third-order valence-electron chi connectivity index (χ3n) is 5.26. The van der Waals surface area contributed by atoms with Gasteiger partial charge in [-0.3, -0.25) is 4.90 Å². The summed E-state index contributed by atoms with van der Waals surface area (Å²) in [5.41, 5.74) is 1.96.